The van der Waals surface area contributed by atoms with Crippen LogP contribution in [-0.4, -0.2) is 39.3 Å². The number of nitrogens with two attached hydrogens (primary N) is 1. The third kappa shape index (κ3) is 5.44. The van der Waals surface area contributed by atoms with Gasteiger partial charge < -0.3 is 25.3 Å². The number of methoxy groups -OCH3 is 2. The molecule has 0 heterocycles. The Bertz CT molecular complexity index is 475. The van der Waals surface area contributed by atoms with Gasteiger partial charge in [-0.15, -0.1) is 0 Å². The topological polar surface area (TPSA) is 82.8 Å². The molecule has 1 aromatic carbocycles. The Kier molecular flexibility index (Phi) is 6.49. The minimum atomic E-state index is -0.551. The molecule has 1 amide bonds. The molecule has 0 aromatic heterocycles. The smallest absolute Gasteiger partial charge is 0.237 e. The van der Waals surface area contributed by atoms with Gasteiger partial charge in [0.1, 0.15) is 23.9 Å². The predicted molar refractivity (Wildman–Crippen MR) is 85.5 cm³/mol. The Balaban J connectivity index is 2.46. The van der Waals surface area contributed by atoms with E-state index in [4.69, 9.17) is 19.9 Å². The molecule has 0 saturated heterocycles. The van der Waals surface area contributed by atoms with Crippen LogP contribution in [0.1, 0.15) is 20.8 Å². The molecule has 0 unspecified atom stereocenters. The highest BCUT2D eigenvalue weighted by molar-refractivity contribution is 5.82. The number of ether oxygens (including phenoxy) is 3. The lowest BCUT2D eigenvalue weighted by Gasteiger charge is -2.25. The Labute approximate surface area is 131 Å². The van der Waals surface area contributed by atoms with Crippen molar-refractivity contribution in [2.75, 3.05) is 27.4 Å². The number of rotatable bonds is 7. The first kappa shape index (κ1) is 18.1. The van der Waals surface area contributed by atoms with E-state index in [2.05, 4.69) is 5.32 Å². The first-order valence-electron chi connectivity index (χ1n) is 7.17. The van der Waals surface area contributed by atoms with Crippen molar-refractivity contribution in [3.63, 3.8) is 0 Å². The summed E-state index contributed by atoms with van der Waals surface area (Å²) in [5, 5.41) is 2.76. The largest absolute Gasteiger partial charge is 0.496 e. The molecule has 0 spiro atoms. The molecule has 0 bridgehead atoms. The lowest BCUT2D eigenvalue weighted by atomic mass is 9.87. The lowest BCUT2D eigenvalue weighted by Crippen LogP contribution is -2.49. The summed E-state index contributed by atoms with van der Waals surface area (Å²) in [6.45, 7) is 6.49. The highest BCUT2D eigenvalue weighted by atomic mass is 16.5. The average molecular weight is 310 g/mol. The van der Waals surface area contributed by atoms with Gasteiger partial charge in [-0.3, -0.25) is 4.79 Å². The van der Waals surface area contributed by atoms with Crippen LogP contribution >= 0.6 is 0 Å². The molecular weight excluding hydrogens is 284 g/mol. The fraction of sp³-hybridized carbons (Fsp3) is 0.562. The van der Waals surface area contributed by atoms with E-state index in [0.717, 1.165) is 0 Å². The zero-order valence-corrected chi connectivity index (χ0v) is 13.9. The summed E-state index contributed by atoms with van der Waals surface area (Å²) in [6, 6.07) is 4.72. The summed E-state index contributed by atoms with van der Waals surface area (Å²) in [7, 11) is 3.15. The molecule has 22 heavy (non-hydrogen) atoms. The molecule has 124 valence electrons. The second-order valence-corrected chi connectivity index (χ2v) is 6.03. The summed E-state index contributed by atoms with van der Waals surface area (Å²) in [5.74, 6) is 1.73. The summed E-state index contributed by atoms with van der Waals surface area (Å²) >= 11 is 0. The third-order valence-corrected chi connectivity index (χ3v) is 3.21. The van der Waals surface area contributed by atoms with Gasteiger partial charge in [-0.1, -0.05) is 20.8 Å². The van der Waals surface area contributed by atoms with Gasteiger partial charge in [0.05, 0.1) is 26.8 Å². The molecule has 1 aromatic rings. The average Bonchev–Trinajstić information content (AvgIpc) is 2.49. The van der Waals surface area contributed by atoms with Crippen LogP contribution in [0.25, 0.3) is 0 Å². The number of carbonyl (C=O) groups is 1. The van der Waals surface area contributed by atoms with Crippen molar-refractivity contribution in [3.05, 3.63) is 18.2 Å². The molecule has 6 heteroatoms. The van der Waals surface area contributed by atoms with Gasteiger partial charge in [0, 0.05) is 18.2 Å². The van der Waals surface area contributed by atoms with E-state index in [1.165, 1.54) is 0 Å². The van der Waals surface area contributed by atoms with Crippen LogP contribution < -0.4 is 25.3 Å². The van der Waals surface area contributed by atoms with Crippen LogP contribution in [0.3, 0.4) is 0 Å². The van der Waals surface area contributed by atoms with Gasteiger partial charge in [-0.25, -0.2) is 0 Å². The number of hydrogen-bond acceptors (Lipinski definition) is 5. The van der Waals surface area contributed by atoms with Crippen molar-refractivity contribution in [1.82, 2.24) is 5.32 Å². The predicted octanol–water partition coefficient (Wildman–Crippen LogP) is 1.57. The van der Waals surface area contributed by atoms with Gasteiger partial charge in [0.25, 0.3) is 0 Å². The van der Waals surface area contributed by atoms with E-state index in [0.29, 0.717) is 30.4 Å². The van der Waals surface area contributed by atoms with Crippen molar-refractivity contribution >= 4 is 5.91 Å². The molecule has 0 aliphatic rings. The zero-order chi connectivity index (χ0) is 16.8. The fourth-order valence-corrected chi connectivity index (χ4v) is 1.71. The zero-order valence-electron chi connectivity index (χ0n) is 13.9. The molecule has 3 N–H and O–H groups in total. The number of benzene rings is 1. The summed E-state index contributed by atoms with van der Waals surface area (Å²) in [5.41, 5.74) is 5.60. The number of carbonyl (C=O) groups excluding carboxylic acids is 1. The second-order valence-electron chi connectivity index (χ2n) is 6.03. The van der Waals surface area contributed by atoms with Crippen molar-refractivity contribution in [1.29, 1.82) is 0 Å². The normalized spacial score (nSPS) is 12.5. The quantitative estimate of drug-likeness (QED) is 0.747. The van der Waals surface area contributed by atoms with Crippen LogP contribution in [0, 0.1) is 5.41 Å². The maximum absolute atomic E-state index is 11.9. The van der Waals surface area contributed by atoms with Gasteiger partial charge in [-0.2, -0.15) is 0 Å². The molecule has 1 rings (SSSR count). The number of nitrogens with one attached hydrogen (secondary N) is 1. The highest BCUT2D eigenvalue weighted by Crippen LogP contribution is 2.27. The van der Waals surface area contributed by atoms with E-state index < -0.39 is 6.04 Å². The van der Waals surface area contributed by atoms with E-state index in [9.17, 15) is 4.79 Å². The van der Waals surface area contributed by atoms with E-state index in [1.807, 2.05) is 20.8 Å². The summed E-state index contributed by atoms with van der Waals surface area (Å²) < 4.78 is 15.9. The van der Waals surface area contributed by atoms with Crippen LogP contribution in [0.15, 0.2) is 18.2 Å². The first-order valence-corrected chi connectivity index (χ1v) is 7.17. The fourth-order valence-electron chi connectivity index (χ4n) is 1.71. The molecule has 6 nitrogen and oxygen atoms in total. The maximum Gasteiger partial charge on any atom is 0.237 e. The molecule has 0 aliphatic carbocycles. The standard InChI is InChI=1S/C16H26N2O4/c1-16(2,3)14(17)15(19)18-6-7-22-13-9-11(20-4)8-12(10-13)21-5/h8-10,14H,6-7,17H2,1-5H3,(H,18,19)/t14-/m1/s1. The minimum Gasteiger partial charge on any atom is -0.496 e. The molecule has 1 atom stereocenters. The Morgan fingerprint density at radius 2 is 1.64 bits per heavy atom. The number of amides is 1. The first-order chi connectivity index (χ1) is 10.3. The Morgan fingerprint density at radius 1 is 1.14 bits per heavy atom. The summed E-state index contributed by atoms with van der Waals surface area (Å²) in [4.78, 5) is 11.9. The van der Waals surface area contributed by atoms with Crippen molar-refractivity contribution in [2.24, 2.45) is 11.1 Å². The lowest BCUT2D eigenvalue weighted by molar-refractivity contribution is -0.124. The van der Waals surface area contributed by atoms with Crippen molar-refractivity contribution in [2.45, 2.75) is 26.8 Å². The van der Waals surface area contributed by atoms with Crippen LogP contribution in [0.5, 0.6) is 17.2 Å². The van der Waals surface area contributed by atoms with Crippen LogP contribution in [0.2, 0.25) is 0 Å². The van der Waals surface area contributed by atoms with Crippen LogP contribution in [0.4, 0.5) is 0 Å². The van der Waals surface area contributed by atoms with Gasteiger partial charge in [0.2, 0.25) is 5.91 Å². The molecule has 0 radical (unpaired) electrons. The maximum atomic E-state index is 11.9. The van der Waals surface area contributed by atoms with Gasteiger partial charge >= 0.3 is 0 Å². The second kappa shape index (κ2) is 7.89. The number of hydrogen-bond donors (Lipinski definition) is 2. The third-order valence-electron chi connectivity index (χ3n) is 3.21. The Morgan fingerprint density at radius 3 is 2.09 bits per heavy atom. The van der Waals surface area contributed by atoms with Gasteiger partial charge in [-0.05, 0) is 5.41 Å². The van der Waals surface area contributed by atoms with E-state index in [1.54, 1.807) is 32.4 Å². The monoisotopic (exact) mass is 310 g/mol. The molecule has 0 saturated carbocycles. The summed E-state index contributed by atoms with van der Waals surface area (Å²) in [6.07, 6.45) is 0. The molecule has 0 fully saturated rings. The van der Waals surface area contributed by atoms with Crippen LogP contribution in [-0.2, 0) is 4.79 Å². The Hall–Kier alpha value is -1.95. The van der Waals surface area contributed by atoms with Crippen molar-refractivity contribution < 1.29 is 19.0 Å². The van der Waals surface area contributed by atoms with E-state index in [-0.39, 0.29) is 11.3 Å². The van der Waals surface area contributed by atoms with E-state index >= 15 is 0 Å². The SMILES string of the molecule is COc1cc(OC)cc(OCCNC(=O)[C@@H](N)C(C)(C)C)c1. The van der Waals surface area contributed by atoms with Gasteiger partial charge in [0.15, 0.2) is 0 Å². The molecular formula is C16H26N2O4. The molecule has 0 aliphatic heterocycles. The van der Waals surface area contributed by atoms with Crippen molar-refractivity contribution in [3.8, 4) is 17.2 Å². The minimum absolute atomic E-state index is 0.181. The highest BCUT2D eigenvalue weighted by Gasteiger charge is 2.26.